The molecule has 0 bridgehead atoms. The number of ether oxygens (including phenoxy) is 1. The largest absolute Gasteiger partial charge is 0.447 e. The summed E-state index contributed by atoms with van der Waals surface area (Å²) in [5.74, 6) is 0. The maximum Gasteiger partial charge on any atom is 0.404 e. The summed E-state index contributed by atoms with van der Waals surface area (Å²) in [5, 5.41) is 25.2. The van der Waals surface area contributed by atoms with Crippen LogP contribution in [-0.2, 0) is 4.74 Å². The fraction of sp³-hybridized carbons (Fsp3) is 0.364. The van der Waals surface area contributed by atoms with Gasteiger partial charge in [0.2, 0.25) is 0 Å². The number of rotatable bonds is 3. The molecule has 1 atom stereocenters. The Morgan fingerprint density at radius 3 is 2.33 bits per heavy atom. The number of primary amides is 1. The number of carbonyl (C=O) groups is 1. The summed E-state index contributed by atoms with van der Waals surface area (Å²) in [7, 11) is 0. The van der Waals surface area contributed by atoms with Crippen LogP contribution in [0.15, 0.2) is 24.3 Å². The molecule has 0 radical (unpaired) electrons. The molecule has 0 spiro atoms. The Kier molecular flexibility index (Phi) is 8.06. The van der Waals surface area contributed by atoms with Gasteiger partial charge in [0.15, 0.2) is 0 Å². The molecule has 0 aliphatic rings. The van der Waals surface area contributed by atoms with E-state index >= 15 is 0 Å². The second-order valence-electron chi connectivity index (χ2n) is 3.30. The zero-order chi connectivity index (χ0) is 14.1. The smallest absolute Gasteiger partial charge is 0.404 e. The summed E-state index contributed by atoms with van der Waals surface area (Å²) >= 11 is 5.80. The molecule has 0 aliphatic heterocycles. The van der Waals surface area contributed by atoms with Crippen LogP contribution >= 0.6 is 11.6 Å². The second kappa shape index (κ2) is 8.71. The highest BCUT2D eigenvalue weighted by atomic mass is 35.5. The van der Waals surface area contributed by atoms with Gasteiger partial charge >= 0.3 is 6.09 Å². The van der Waals surface area contributed by atoms with Crippen molar-refractivity contribution in [1.82, 2.24) is 0 Å². The van der Waals surface area contributed by atoms with Gasteiger partial charge in [-0.2, -0.15) is 0 Å². The first kappa shape index (κ1) is 16.7. The van der Waals surface area contributed by atoms with Crippen molar-refractivity contribution in [1.29, 1.82) is 0 Å². The van der Waals surface area contributed by atoms with Crippen LogP contribution in [0.3, 0.4) is 0 Å². The first-order valence-electron chi connectivity index (χ1n) is 5.05. The minimum atomic E-state index is -1.17. The number of hydrogen-bond acceptors (Lipinski definition) is 5. The third-order valence-electron chi connectivity index (χ3n) is 1.65. The van der Waals surface area contributed by atoms with E-state index in [4.69, 9.17) is 27.5 Å². The number of nitrogens with two attached hydrogens (primary N) is 1. The number of hydrogen-bond donors (Lipinski definition) is 4. The van der Waals surface area contributed by atoms with Crippen molar-refractivity contribution in [3.63, 3.8) is 0 Å². The Balaban J connectivity index is 0.000000631. The highest BCUT2D eigenvalue weighted by Crippen LogP contribution is 2.22. The van der Waals surface area contributed by atoms with E-state index in [0.29, 0.717) is 10.6 Å². The predicted octanol–water partition coefficient (Wildman–Crippen LogP) is 0.786. The summed E-state index contributed by atoms with van der Waals surface area (Å²) in [6, 6.07) is 6.77. The lowest BCUT2D eigenvalue weighted by atomic mass is 10.1. The van der Waals surface area contributed by atoms with Gasteiger partial charge in [0, 0.05) is 10.6 Å². The molecule has 102 valence electrons. The Morgan fingerprint density at radius 2 is 1.89 bits per heavy atom. The van der Waals surface area contributed by atoms with Gasteiger partial charge in [-0.05, 0) is 13.0 Å². The second-order valence-corrected chi connectivity index (χ2v) is 3.71. The molecule has 1 aromatic rings. The third-order valence-corrected chi connectivity index (χ3v) is 1.99. The molecular weight excluding hydrogens is 262 g/mol. The molecule has 0 aromatic heterocycles. The fourth-order valence-corrected chi connectivity index (χ4v) is 1.26. The zero-order valence-electron chi connectivity index (χ0n) is 9.78. The van der Waals surface area contributed by atoms with Gasteiger partial charge in [0.05, 0.1) is 0 Å². The molecule has 7 heteroatoms. The van der Waals surface area contributed by atoms with Crippen LogP contribution in [-0.4, -0.2) is 34.3 Å². The van der Waals surface area contributed by atoms with Crippen LogP contribution in [0.2, 0.25) is 5.02 Å². The van der Waals surface area contributed by atoms with Crippen molar-refractivity contribution in [2.24, 2.45) is 5.73 Å². The van der Waals surface area contributed by atoms with Gasteiger partial charge in [0.25, 0.3) is 0 Å². The van der Waals surface area contributed by atoms with Crippen molar-refractivity contribution < 1.29 is 24.9 Å². The molecule has 0 saturated carbocycles. The highest BCUT2D eigenvalue weighted by Gasteiger charge is 2.12. The maximum atomic E-state index is 10.3. The summed E-state index contributed by atoms with van der Waals surface area (Å²) in [6.07, 6.45) is -3.03. The van der Waals surface area contributed by atoms with E-state index in [1.807, 2.05) is 0 Å². The Hall–Kier alpha value is -1.34. The van der Waals surface area contributed by atoms with Gasteiger partial charge in [-0.15, -0.1) is 0 Å². The third kappa shape index (κ3) is 7.86. The van der Waals surface area contributed by atoms with Crippen LogP contribution in [0.4, 0.5) is 4.79 Å². The van der Waals surface area contributed by atoms with Gasteiger partial charge < -0.3 is 25.8 Å². The zero-order valence-corrected chi connectivity index (χ0v) is 10.5. The number of aliphatic hydroxyl groups is 3. The normalized spacial score (nSPS) is 11.4. The molecule has 18 heavy (non-hydrogen) atoms. The van der Waals surface area contributed by atoms with E-state index in [9.17, 15) is 9.90 Å². The maximum absolute atomic E-state index is 10.3. The molecule has 0 fully saturated rings. The van der Waals surface area contributed by atoms with E-state index in [-0.39, 0.29) is 6.61 Å². The molecule has 5 N–H and O–H groups in total. The van der Waals surface area contributed by atoms with E-state index in [0.717, 1.165) is 0 Å². The molecule has 0 heterocycles. The van der Waals surface area contributed by atoms with E-state index in [1.54, 1.807) is 24.3 Å². The lowest BCUT2D eigenvalue weighted by Crippen LogP contribution is -2.17. The van der Waals surface area contributed by atoms with Gasteiger partial charge in [-0.3, -0.25) is 0 Å². The summed E-state index contributed by atoms with van der Waals surface area (Å²) in [4.78, 5) is 10.3. The first-order valence-corrected chi connectivity index (χ1v) is 5.43. The van der Waals surface area contributed by atoms with Crippen LogP contribution in [0.1, 0.15) is 18.6 Å². The highest BCUT2D eigenvalue weighted by molar-refractivity contribution is 6.31. The average Bonchev–Trinajstić information content (AvgIpc) is 2.25. The van der Waals surface area contributed by atoms with E-state index in [2.05, 4.69) is 4.74 Å². The van der Waals surface area contributed by atoms with Crippen molar-refractivity contribution in [2.45, 2.75) is 19.3 Å². The number of carbonyl (C=O) groups excluding carboxylic acids is 1. The Morgan fingerprint density at radius 1 is 1.39 bits per heavy atom. The van der Waals surface area contributed by atoms with Crippen molar-refractivity contribution in [3.8, 4) is 0 Å². The van der Waals surface area contributed by atoms with Crippen molar-refractivity contribution in [2.75, 3.05) is 6.61 Å². The van der Waals surface area contributed by atoms with Crippen LogP contribution in [0, 0.1) is 0 Å². The predicted molar refractivity (Wildman–Crippen MR) is 65.8 cm³/mol. The quantitative estimate of drug-likeness (QED) is 0.610. The standard InChI is InChI=1S/C9H10ClNO3.C2H6O2/c10-7-4-2-1-3-6(7)8(12)5-14-9(11)13;1-2(3)4/h1-4,8,12H,5H2,(H2,11,13);2-4H,1H3/t8-;/m1./s1. The van der Waals surface area contributed by atoms with Gasteiger partial charge in [-0.1, -0.05) is 29.8 Å². The van der Waals surface area contributed by atoms with Gasteiger partial charge in [0.1, 0.15) is 19.0 Å². The Labute approximate surface area is 110 Å². The number of benzene rings is 1. The summed E-state index contributed by atoms with van der Waals surface area (Å²) in [6.45, 7) is 1.08. The molecule has 0 unspecified atom stereocenters. The Bertz CT molecular complexity index is 369. The molecular formula is C11H16ClNO5. The molecule has 0 aliphatic carbocycles. The molecule has 0 saturated heterocycles. The van der Waals surface area contributed by atoms with Crippen molar-refractivity contribution >= 4 is 17.7 Å². The monoisotopic (exact) mass is 277 g/mol. The summed E-state index contributed by atoms with van der Waals surface area (Å²) < 4.78 is 4.44. The minimum Gasteiger partial charge on any atom is -0.447 e. The SMILES string of the molecule is CC(O)O.NC(=O)OC[C@@H](O)c1ccccc1Cl. The fourth-order valence-electron chi connectivity index (χ4n) is 0.996. The number of amides is 1. The lowest BCUT2D eigenvalue weighted by molar-refractivity contribution is -0.0228. The molecule has 1 aromatic carbocycles. The van der Waals surface area contributed by atoms with E-state index in [1.165, 1.54) is 6.92 Å². The minimum absolute atomic E-state index is 0.195. The number of halogens is 1. The molecule has 6 nitrogen and oxygen atoms in total. The first-order chi connectivity index (χ1) is 8.34. The van der Waals surface area contributed by atoms with Crippen LogP contribution < -0.4 is 5.73 Å². The molecule has 1 amide bonds. The van der Waals surface area contributed by atoms with Crippen LogP contribution in [0.25, 0.3) is 0 Å². The molecule has 1 rings (SSSR count). The average molecular weight is 278 g/mol. The van der Waals surface area contributed by atoms with E-state index < -0.39 is 18.5 Å². The summed E-state index contributed by atoms with van der Waals surface area (Å²) in [5.41, 5.74) is 5.26. The van der Waals surface area contributed by atoms with Crippen molar-refractivity contribution in [3.05, 3.63) is 34.9 Å². The lowest BCUT2D eigenvalue weighted by Gasteiger charge is -2.11. The van der Waals surface area contributed by atoms with Crippen LogP contribution in [0.5, 0.6) is 0 Å². The topological polar surface area (TPSA) is 113 Å². The number of aliphatic hydroxyl groups excluding tert-OH is 2. The van der Waals surface area contributed by atoms with Gasteiger partial charge in [-0.25, -0.2) is 4.79 Å².